The third kappa shape index (κ3) is 2.75. The Labute approximate surface area is 133 Å². The van der Waals surface area contributed by atoms with Gasteiger partial charge < -0.3 is 10.0 Å². The van der Waals surface area contributed by atoms with Crippen LogP contribution >= 0.6 is 0 Å². The van der Waals surface area contributed by atoms with E-state index in [0.29, 0.717) is 0 Å². The van der Waals surface area contributed by atoms with E-state index in [1.54, 1.807) is 18.2 Å². The maximum absolute atomic E-state index is 9.25. The first-order valence-corrected chi connectivity index (χ1v) is 5.16. The molecule has 87 valence electrons. The van der Waals surface area contributed by atoms with Gasteiger partial charge in [-0.2, -0.15) is 12.2 Å². The van der Waals surface area contributed by atoms with Crippen LogP contribution in [0.15, 0.2) is 48.2 Å². The van der Waals surface area contributed by atoms with Crippen molar-refractivity contribution >= 4 is 5.70 Å². The van der Waals surface area contributed by atoms with Crippen LogP contribution in [0.25, 0.3) is 5.70 Å². The fraction of sp³-hybridized carbons (Fsp3) is 0.0667. The third-order valence-corrected chi connectivity index (χ3v) is 2.70. The Morgan fingerprint density at radius 1 is 1.33 bits per heavy atom. The number of likely N-dealkylation sites (N-methyl/N-ethyl adjacent to an activating group) is 1. The number of hydrogen-bond acceptors (Lipinski definition) is 2. The molecule has 0 aromatic heterocycles. The van der Waals surface area contributed by atoms with Crippen LogP contribution in [-0.4, -0.2) is 17.1 Å². The van der Waals surface area contributed by atoms with Crippen molar-refractivity contribution in [2.45, 2.75) is 0 Å². The van der Waals surface area contributed by atoms with Crippen LogP contribution in [0.2, 0.25) is 0 Å². The molecule has 0 aliphatic carbocycles. The molecule has 2 nitrogen and oxygen atoms in total. The summed E-state index contributed by atoms with van der Waals surface area (Å²) in [5.74, 6) is 2.81. The number of aromatic hydroxyl groups is 1. The Kier molecular flexibility index (Phi) is 4.96. The Hall–Kier alpha value is -1.30. The topological polar surface area (TPSA) is 23.5 Å². The van der Waals surface area contributed by atoms with Crippen molar-refractivity contribution in [1.82, 2.24) is 4.90 Å². The summed E-state index contributed by atoms with van der Waals surface area (Å²) >= 11 is 0. The van der Waals surface area contributed by atoms with Gasteiger partial charge in [0, 0.05) is 39.8 Å². The smallest absolute Gasteiger partial charge is 0.113 e. The molecule has 1 aromatic carbocycles. The molecule has 0 fully saturated rings. The summed E-state index contributed by atoms with van der Waals surface area (Å²) in [7, 11) is 1.89. The van der Waals surface area contributed by atoms with E-state index in [9.17, 15) is 5.11 Å². The third-order valence-electron chi connectivity index (χ3n) is 2.70. The quantitative estimate of drug-likeness (QED) is 0.636. The van der Waals surface area contributed by atoms with Crippen molar-refractivity contribution in [3.05, 3.63) is 59.8 Å². The summed E-state index contributed by atoms with van der Waals surface area (Å²) in [6.45, 7) is 3.95. The number of phenols is 1. The zero-order valence-electron chi connectivity index (χ0n) is 10.1. The number of nitrogens with zero attached hydrogens (tertiary/aromatic N) is 1. The second-order valence-electron chi connectivity index (χ2n) is 3.75. The van der Waals surface area contributed by atoms with Crippen LogP contribution in [0, 0.1) is 18.4 Å². The van der Waals surface area contributed by atoms with Crippen molar-refractivity contribution in [2.75, 3.05) is 7.05 Å². The van der Waals surface area contributed by atoms with Gasteiger partial charge in [0.25, 0.3) is 0 Å². The van der Waals surface area contributed by atoms with Gasteiger partial charge in [-0.15, -0.1) is 24.5 Å². The molecule has 18 heavy (non-hydrogen) atoms. The van der Waals surface area contributed by atoms with E-state index in [1.807, 2.05) is 24.1 Å². The first kappa shape index (κ1) is 14.8. The molecule has 3 heteroatoms. The minimum Gasteiger partial charge on any atom is -0.508 e. The van der Waals surface area contributed by atoms with Gasteiger partial charge in [-0.1, -0.05) is 23.4 Å². The number of rotatable bonds is 1. The summed E-state index contributed by atoms with van der Waals surface area (Å²) in [5, 5.41) is 9.25. The standard InChI is InChI=1S/C15H12NO.Y/c1-4-12-7-10-15(16(3)11(12)2)13-5-8-14(17)9-6-13;/h1,5-9,17H,2H2,3H3;/q-1;. The molecule has 0 saturated heterocycles. The van der Waals surface area contributed by atoms with E-state index in [1.165, 1.54) is 0 Å². The van der Waals surface area contributed by atoms with Gasteiger partial charge in [-0.05, 0) is 17.8 Å². The van der Waals surface area contributed by atoms with E-state index in [0.717, 1.165) is 22.5 Å². The first-order chi connectivity index (χ1) is 8.13. The van der Waals surface area contributed by atoms with E-state index >= 15 is 0 Å². The summed E-state index contributed by atoms with van der Waals surface area (Å²) in [6, 6.07) is 6.94. The number of benzene rings is 1. The minimum atomic E-state index is 0. The van der Waals surface area contributed by atoms with Crippen LogP contribution in [0.5, 0.6) is 5.75 Å². The van der Waals surface area contributed by atoms with Crippen molar-refractivity contribution in [2.24, 2.45) is 0 Å². The number of hydrogen-bond donors (Lipinski definition) is 1. The van der Waals surface area contributed by atoms with Crippen LogP contribution < -0.4 is 0 Å². The average molecular weight is 311 g/mol. The number of phenolic OH excluding ortho intramolecular Hbond substituents is 1. The molecular formula is C15H12NOY-. The SMILES string of the molecule is C#CC1=C[C-]=C(c2ccc(O)cc2)N(C)C1=C.[Y]. The monoisotopic (exact) mass is 311 g/mol. The zero-order valence-corrected chi connectivity index (χ0v) is 13.0. The number of allylic oxidation sites excluding steroid dienone is 3. The zero-order chi connectivity index (χ0) is 12.4. The minimum absolute atomic E-state index is 0. The molecule has 1 aliphatic heterocycles. The van der Waals surface area contributed by atoms with Crippen molar-refractivity contribution in [3.8, 4) is 18.1 Å². The summed E-state index contributed by atoms with van der Waals surface area (Å²) < 4.78 is 0. The summed E-state index contributed by atoms with van der Waals surface area (Å²) in [4.78, 5) is 1.89. The van der Waals surface area contributed by atoms with Gasteiger partial charge in [0.1, 0.15) is 5.75 Å². The molecule has 0 unspecified atom stereocenters. The summed E-state index contributed by atoms with van der Waals surface area (Å²) in [5.41, 5.74) is 3.34. The fourth-order valence-corrected chi connectivity index (χ4v) is 1.66. The maximum Gasteiger partial charge on any atom is 0.113 e. The van der Waals surface area contributed by atoms with Crippen LogP contribution in [0.4, 0.5) is 0 Å². The molecule has 2 rings (SSSR count). The number of terminal acetylenes is 1. The van der Waals surface area contributed by atoms with E-state index in [2.05, 4.69) is 18.6 Å². The second kappa shape index (κ2) is 6.04. The molecule has 1 aliphatic rings. The van der Waals surface area contributed by atoms with Gasteiger partial charge in [0.2, 0.25) is 0 Å². The Morgan fingerprint density at radius 3 is 2.50 bits per heavy atom. The van der Waals surface area contributed by atoms with Crippen molar-refractivity contribution in [3.63, 3.8) is 0 Å². The largest absolute Gasteiger partial charge is 0.508 e. The molecule has 0 saturated carbocycles. The molecule has 0 bridgehead atoms. The maximum atomic E-state index is 9.25. The predicted octanol–water partition coefficient (Wildman–Crippen LogP) is 2.55. The van der Waals surface area contributed by atoms with E-state index in [4.69, 9.17) is 6.42 Å². The van der Waals surface area contributed by atoms with Crippen LogP contribution in [0.3, 0.4) is 0 Å². The van der Waals surface area contributed by atoms with Gasteiger partial charge in [0.05, 0.1) is 0 Å². The normalized spacial score (nSPS) is 14.2. The molecule has 0 spiro atoms. The average Bonchev–Trinajstić information content (AvgIpc) is 2.34. The Bertz CT molecular complexity index is 561. The molecule has 1 heterocycles. The van der Waals surface area contributed by atoms with Gasteiger partial charge in [-0.3, -0.25) is 0 Å². The van der Waals surface area contributed by atoms with E-state index in [-0.39, 0.29) is 38.5 Å². The molecule has 0 atom stereocenters. The first-order valence-electron chi connectivity index (χ1n) is 5.16. The van der Waals surface area contributed by atoms with Gasteiger partial charge in [-0.25, -0.2) is 0 Å². The van der Waals surface area contributed by atoms with Crippen molar-refractivity contribution in [1.29, 1.82) is 0 Å². The molecular weight excluding hydrogens is 299 g/mol. The Balaban J connectivity index is 0.00000162. The Morgan fingerprint density at radius 2 is 1.94 bits per heavy atom. The van der Waals surface area contributed by atoms with Gasteiger partial charge >= 0.3 is 0 Å². The second-order valence-corrected chi connectivity index (χ2v) is 3.75. The van der Waals surface area contributed by atoms with Crippen molar-refractivity contribution < 1.29 is 37.8 Å². The molecule has 1 radical (unpaired) electrons. The van der Waals surface area contributed by atoms with E-state index < -0.39 is 0 Å². The fourth-order valence-electron chi connectivity index (χ4n) is 1.66. The predicted molar refractivity (Wildman–Crippen MR) is 68.6 cm³/mol. The molecule has 1 aromatic rings. The molecule has 1 N–H and O–H groups in total. The summed E-state index contributed by atoms with van der Waals surface area (Å²) in [6.07, 6.45) is 10.3. The van der Waals surface area contributed by atoms with Crippen LogP contribution in [-0.2, 0) is 32.7 Å². The molecule has 0 amide bonds. The van der Waals surface area contributed by atoms with Gasteiger partial charge in [0.15, 0.2) is 0 Å². The van der Waals surface area contributed by atoms with Crippen LogP contribution in [0.1, 0.15) is 5.56 Å².